The van der Waals surface area contributed by atoms with Gasteiger partial charge in [-0.1, -0.05) is 26.2 Å². The van der Waals surface area contributed by atoms with Crippen molar-refractivity contribution in [3.63, 3.8) is 0 Å². The van der Waals surface area contributed by atoms with Gasteiger partial charge in [0.2, 0.25) is 0 Å². The number of carbonyl (C=O) groups excluding carboxylic acids is 1. The number of rotatable bonds is 10. The molecule has 1 atom stereocenters. The average Bonchev–Trinajstić information content (AvgIpc) is 2.53. The summed E-state index contributed by atoms with van der Waals surface area (Å²) in [6.45, 7) is 5.80. The van der Waals surface area contributed by atoms with Crippen molar-refractivity contribution < 1.29 is 19.2 Å². The van der Waals surface area contributed by atoms with Crippen LogP contribution in [0, 0.1) is 10.1 Å². The van der Waals surface area contributed by atoms with Gasteiger partial charge in [-0.05, 0) is 32.8 Å². The average molecular weight is 338 g/mol. The zero-order valence-electron chi connectivity index (χ0n) is 14.5. The highest BCUT2D eigenvalue weighted by Crippen LogP contribution is 2.32. The highest BCUT2D eigenvalue weighted by Gasteiger charge is 2.25. The molecule has 7 heteroatoms. The molecule has 1 rings (SSSR count). The van der Waals surface area contributed by atoms with E-state index in [2.05, 4.69) is 6.92 Å². The van der Waals surface area contributed by atoms with E-state index in [0.29, 0.717) is 0 Å². The third-order valence-electron chi connectivity index (χ3n) is 3.61. The molecule has 1 aromatic rings. The minimum absolute atomic E-state index is 0.114. The summed E-state index contributed by atoms with van der Waals surface area (Å²) >= 11 is 0. The SMILES string of the molecule is CCCCCCC(C)Oc1cc([N+](=O)[O-])c(C(=O)OCC)cc1N. The molecule has 0 aliphatic rings. The van der Waals surface area contributed by atoms with E-state index in [4.69, 9.17) is 15.2 Å². The Labute approximate surface area is 142 Å². The summed E-state index contributed by atoms with van der Waals surface area (Å²) in [5, 5.41) is 11.2. The molecule has 0 aromatic heterocycles. The lowest BCUT2D eigenvalue weighted by atomic mass is 10.1. The van der Waals surface area contributed by atoms with Gasteiger partial charge in [-0.25, -0.2) is 4.79 Å². The summed E-state index contributed by atoms with van der Waals surface area (Å²) in [5.41, 5.74) is 5.55. The van der Waals surface area contributed by atoms with Gasteiger partial charge in [0, 0.05) is 0 Å². The first kappa shape index (κ1) is 19.7. The van der Waals surface area contributed by atoms with Gasteiger partial charge >= 0.3 is 5.97 Å². The Bertz CT molecular complexity index is 574. The number of nitrogen functional groups attached to an aromatic ring is 1. The summed E-state index contributed by atoms with van der Waals surface area (Å²) in [5.74, 6) is -0.548. The van der Waals surface area contributed by atoms with Crippen molar-refractivity contribution in [2.45, 2.75) is 59.0 Å². The van der Waals surface area contributed by atoms with E-state index in [1.165, 1.54) is 18.6 Å². The molecule has 2 N–H and O–H groups in total. The van der Waals surface area contributed by atoms with Crippen molar-refractivity contribution in [2.75, 3.05) is 12.3 Å². The summed E-state index contributed by atoms with van der Waals surface area (Å²) < 4.78 is 10.6. The zero-order valence-corrected chi connectivity index (χ0v) is 14.5. The van der Waals surface area contributed by atoms with Crippen LogP contribution in [0.5, 0.6) is 5.75 Å². The minimum atomic E-state index is -0.768. The van der Waals surface area contributed by atoms with Crippen molar-refractivity contribution in [2.24, 2.45) is 0 Å². The smallest absolute Gasteiger partial charge is 0.345 e. The fourth-order valence-corrected chi connectivity index (χ4v) is 2.35. The van der Waals surface area contributed by atoms with Crippen LogP contribution in [0.15, 0.2) is 12.1 Å². The maximum atomic E-state index is 11.8. The Kier molecular flexibility index (Phi) is 8.01. The number of carbonyl (C=O) groups is 1. The number of benzene rings is 1. The number of hydrogen-bond acceptors (Lipinski definition) is 6. The Balaban J connectivity index is 2.90. The fraction of sp³-hybridized carbons (Fsp3) is 0.588. The molecule has 1 unspecified atom stereocenters. The lowest BCUT2D eigenvalue weighted by Crippen LogP contribution is -2.14. The molecular weight excluding hydrogens is 312 g/mol. The largest absolute Gasteiger partial charge is 0.488 e. The Morgan fingerprint density at radius 1 is 1.29 bits per heavy atom. The van der Waals surface area contributed by atoms with Gasteiger partial charge in [-0.3, -0.25) is 10.1 Å². The van der Waals surface area contributed by atoms with Crippen LogP contribution < -0.4 is 10.5 Å². The normalized spacial score (nSPS) is 11.8. The van der Waals surface area contributed by atoms with Gasteiger partial charge < -0.3 is 15.2 Å². The first-order chi connectivity index (χ1) is 11.4. The van der Waals surface area contributed by atoms with Gasteiger partial charge in [0.05, 0.1) is 29.4 Å². The molecule has 0 amide bonds. The van der Waals surface area contributed by atoms with E-state index >= 15 is 0 Å². The molecule has 0 fully saturated rings. The number of nitro groups is 1. The first-order valence-corrected chi connectivity index (χ1v) is 8.32. The fourth-order valence-electron chi connectivity index (χ4n) is 2.35. The van der Waals surface area contributed by atoms with Crippen LogP contribution in [-0.2, 0) is 4.74 Å². The molecule has 0 saturated carbocycles. The van der Waals surface area contributed by atoms with Crippen LogP contribution in [-0.4, -0.2) is 23.6 Å². The summed E-state index contributed by atoms with van der Waals surface area (Å²) in [6, 6.07) is 2.44. The van der Waals surface area contributed by atoms with Crippen molar-refractivity contribution in [1.82, 2.24) is 0 Å². The monoisotopic (exact) mass is 338 g/mol. The molecule has 0 aliphatic carbocycles. The molecule has 0 saturated heterocycles. The Morgan fingerprint density at radius 2 is 2.00 bits per heavy atom. The predicted molar refractivity (Wildman–Crippen MR) is 92.3 cm³/mol. The number of nitro benzene ring substituents is 1. The van der Waals surface area contributed by atoms with E-state index in [9.17, 15) is 14.9 Å². The lowest BCUT2D eigenvalue weighted by Gasteiger charge is -2.16. The van der Waals surface area contributed by atoms with Crippen LogP contribution >= 0.6 is 0 Å². The number of esters is 1. The van der Waals surface area contributed by atoms with Crippen LogP contribution in [0.2, 0.25) is 0 Å². The molecule has 1 aromatic carbocycles. The zero-order chi connectivity index (χ0) is 18.1. The highest BCUT2D eigenvalue weighted by molar-refractivity contribution is 5.95. The predicted octanol–water partition coefficient (Wildman–Crippen LogP) is 4.09. The molecule has 7 nitrogen and oxygen atoms in total. The maximum absolute atomic E-state index is 11.8. The number of nitrogens with two attached hydrogens (primary N) is 1. The summed E-state index contributed by atoms with van der Waals surface area (Å²) in [4.78, 5) is 22.4. The molecule has 0 bridgehead atoms. The molecule has 0 aliphatic heterocycles. The van der Waals surface area contributed by atoms with E-state index < -0.39 is 10.9 Å². The second kappa shape index (κ2) is 9.75. The molecule has 0 radical (unpaired) electrons. The van der Waals surface area contributed by atoms with E-state index in [1.807, 2.05) is 6.92 Å². The molecular formula is C17H26N2O5. The molecule has 24 heavy (non-hydrogen) atoms. The molecule has 0 heterocycles. The second-order valence-corrected chi connectivity index (χ2v) is 5.66. The van der Waals surface area contributed by atoms with Crippen LogP contribution in [0.25, 0.3) is 0 Å². The quantitative estimate of drug-likeness (QED) is 0.226. The van der Waals surface area contributed by atoms with Gasteiger partial charge in [0.1, 0.15) is 11.3 Å². The van der Waals surface area contributed by atoms with Crippen molar-refractivity contribution in [3.05, 3.63) is 27.8 Å². The van der Waals surface area contributed by atoms with Crippen molar-refractivity contribution in [3.8, 4) is 5.75 Å². The number of anilines is 1. The number of ether oxygens (including phenoxy) is 2. The van der Waals surface area contributed by atoms with Crippen molar-refractivity contribution in [1.29, 1.82) is 0 Å². The molecule has 134 valence electrons. The van der Waals surface area contributed by atoms with E-state index in [0.717, 1.165) is 25.7 Å². The maximum Gasteiger partial charge on any atom is 0.345 e. The number of hydrogen-bond donors (Lipinski definition) is 1. The van der Waals surface area contributed by atoms with E-state index in [1.54, 1.807) is 6.92 Å². The first-order valence-electron chi connectivity index (χ1n) is 8.32. The topological polar surface area (TPSA) is 105 Å². The van der Waals surface area contributed by atoms with Gasteiger partial charge in [-0.2, -0.15) is 0 Å². The number of unbranched alkanes of at least 4 members (excludes halogenated alkanes) is 3. The third-order valence-corrected chi connectivity index (χ3v) is 3.61. The van der Waals surface area contributed by atoms with E-state index in [-0.39, 0.29) is 35.4 Å². The lowest BCUT2D eigenvalue weighted by molar-refractivity contribution is -0.385. The van der Waals surface area contributed by atoms with Crippen LogP contribution in [0.3, 0.4) is 0 Å². The third kappa shape index (κ3) is 5.72. The van der Waals surface area contributed by atoms with Gasteiger partial charge in [-0.15, -0.1) is 0 Å². The Morgan fingerprint density at radius 3 is 2.58 bits per heavy atom. The summed E-state index contributed by atoms with van der Waals surface area (Å²) in [7, 11) is 0. The van der Waals surface area contributed by atoms with Gasteiger partial charge in [0.15, 0.2) is 0 Å². The number of nitrogens with zero attached hydrogens (tertiary/aromatic N) is 1. The Hall–Kier alpha value is -2.31. The van der Waals surface area contributed by atoms with Crippen LogP contribution in [0.4, 0.5) is 11.4 Å². The molecule has 0 spiro atoms. The van der Waals surface area contributed by atoms with Crippen molar-refractivity contribution >= 4 is 17.3 Å². The highest BCUT2D eigenvalue weighted by atomic mass is 16.6. The van der Waals surface area contributed by atoms with Crippen LogP contribution in [0.1, 0.15) is 63.2 Å². The second-order valence-electron chi connectivity index (χ2n) is 5.66. The standard InChI is InChI=1S/C17H26N2O5/c1-4-6-7-8-9-12(3)24-16-11-15(19(21)22)13(10-14(16)18)17(20)23-5-2/h10-12H,4-9,18H2,1-3H3. The summed E-state index contributed by atoms with van der Waals surface area (Å²) in [6.07, 6.45) is 5.21. The minimum Gasteiger partial charge on any atom is -0.488 e. The van der Waals surface area contributed by atoms with Gasteiger partial charge in [0.25, 0.3) is 5.69 Å².